The summed E-state index contributed by atoms with van der Waals surface area (Å²) in [6, 6.07) is 6.92. The average molecular weight is 305 g/mol. The van der Waals surface area contributed by atoms with Gasteiger partial charge >= 0.3 is 5.97 Å². The number of esters is 1. The SMILES string of the molecule is CCCCCCCCCCCCOC(=O)c1cccc(N)c1. The largest absolute Gasteiger partial charge is 0.462 e. The van der Waals surface area contributed by atoms with Gasteiger partial charge in [-0.15, -0.1) is 0 Å². The van der Waals surface area contributed by atoms with Gasteiger partial charge in [0.05, 0.1) is 12.2 Å². The molecule has 0 saturated heterocycles. The normalized spacial score (nSPS) is 10.6. The van der Waals surface area contributed by atoms with Gasteiger partial charge in [-0.3, -0.25) is 0 Å². The van der Waals surface area contributed by atoms with Crippen molar-refractivity contribution in [2.24, 2.45) is 0 Å². The minimum Gasteiger partial charge on any atom is -0.462 e. The Morgan fingerprint density at radius 1 is 0.955 bits per heavy atom. The molecule has 0 fully saturated rings. The van der Waals surface area contributed by atoms with Crippen molar-refractivity contribution in [1.29, 1.82) is 0 Å². The number of carbonyl (C=O) groups excluding carboxylic acids is 1. The van der Waals surface area contributed by atoms with Crippen molar-refractivity contribution in [2.45, 2.75) is 71.1 Å². The Balaban J connectivity index is 1.94. The summed E-state index contributed by atoms with van der Waals surface area (Å²) in [5, 5.41) is 0. The van der Waals surface area contributed by atoms with E-state index in [-0.39, 0.29) is 5.97 Å². The number of nitrogen functional groups attached to an aromatic ring is 1. The van der Waals surface area contributed by atoms with Crippen LogP contribution in [0.25, 0.3) is 0 Å². The molecular formula is C19H31NO2. The van der Waals surface area contributed by atoms with Crippen LogP contribution in [0.2, 0.25) is 0 Å². The van der Waals surface area contributed by atoms with Crippen LogP contribution in [-0.2, 0) is 4.74 Å². The number of nitrogens with two attached hydrogens (primary N) is 1. The second kappa shape index (κ2) is 12.1. The smallest absolute Gasteiger partial charge is 0.338 e. The molecule has 124 valence electrons. The number of anilines is 1. The van der Waals surface area contributed by atoms with E-state index in [0.29, 0.717) is 17.9 Å². The zero-order valence-corrected chi connectivity index (χ0v) is 14.0. The summed E-state index contributed by atoms with van der Waals surface area (Å²) in [7, 11) is 0. The Hall–Kier alpha value is -1.51. The van der Waals surface area contributed by atoms with E-state index in [0.717, 1.165) is 12.8 Å². The Bertz CT molecular complexity index is 418. The van der Waals surface area contributed by atoms with Crippen molar-refractivity contribution in [3.8, 4) is 0 Å². The van der Waals surface area contributed by atoms with E-state index in [1.54, 1.807) is 24.3 Å². The molecule has 0 aliphatic carbocycles. The molecule has 0 aromatic heterocycles. The zero-order chi connectivity index (χ0) is 16.0. The number of rotatable bonds is 12. The first kappa shape index (κ1) is 18.5. The Labute approximate surface area is 135 Å². The van der Waals surface area contributed by atoms with E-state index in [9.17, 15) is 4.79 Å². The van der Waals surface area contributed by atoms with Crippen molar-refractivity contribution in [2.75, 3.05) is 12.3 Å². The standard InChI is InChI=1S/C19H31NO2/c1-2-3-4-5-6-7-8-9-10-11-15-22-19(21)17-13-12-14-18(20)16-17/h12-14,16H,2-11,15,20H2,1H3. The number of benzene rings is 1. The van der Waals surface area contributed by atoms with E-state index in [4.69, 9.17) is 10.5 Å². The molecule has 0 aliphatic rings. The second-order valence-corrected chi connectivity index (χ2v) is 5.94. The molecule has 0 heterocycles. The van der Waals surface area contributed by atoms with E-state index in [1.165, 1.54) is 51.4 Å². The van der Waals surface area contributed by atoms with Gasteiger partial charge in [0.25, 0.3) is 0 Å². The van der Waals surface area contributed by atoms with Gasteiger partial charge in [0, 0.05) is 5.69 Å². The van der Waals surface area contributed by atoms with E-state index in [2.05, 4.69) is 6.92 Å². The predicted molar refractivity (Wildman–Crippen MR) is 93.0 cm³/mol. The van der Waals surface area contributed by atoms with Crippen molar-refractivity contribution >= 4 is 11.7 Å². The third kappa shape index (κ3) is 8.71. The fourth-order valence-electron chi connectivity index (χ4n) is 2.50. The van der Waals surface area contributed by atoms with E-state index >= 15 is 0 Å². The lowest BCUT2D eigenvalue weighted by Crippen LogP contribution is -2.06. The molecule has 0 unspecified atom stereocenters. The summed E-state index contributed by atoms with van der Waals surface area (Å²) in [5.74, 6) is -0.275. The molecule has 0 bridgehead atoms. The molecule has 3 heteroatoms. The molecule has 22 heavy (non-hydrogen) atoms. The summed E-state index contributed by atoms with van der Waals surface area (Å²) in [4.78, 5) is 11.8. The van der Waals surface area contributed by atoms with Gasteiger partial charge in [0.2, 0.25) is 0 Å². The molecule has 2 N–H and O–H groups in total. The molecule has 0 atom stereocenters. The van der Waals surface area contributed by atoms with Crippen molar-refractivity contribution in [3.05, 3.63) is 29.8 Å². The van der Waals surface area contributed by atoms with Gasteiger partial charge in [0.15, 0.2) is 0 Å². The highest BCUT2D eigenvalue weighted by atomic mass is 16.5. The van der Waals surface area contributed by atoms with Gasteiger partial charge in [-0.2, -0.15) is 0 Å². The fraction of sp³-hybridized carbons (Fsp3) is 0.632. The predicted octanol–water partition coefficient (Wildman–Crippen LogP) is 5.35. The van der Waals surface area contributed by atoms with Crippen molar-refractivity contribution in [1.82, 2.24) is 0 Å². The third-order valence-corrected chi connectivity index (χ3v) is 3.85. The van der Waals surface area contributed by atoms with Gasteiger partial charge in [-0.05, 0) is 24.6 Å². The Kier molecular flexibility index (Phi) is 10.2. The number of unbranched alkanes of at least 4 members (excludes halogenated alkanes) is 9. The molecule has 0 spiro atoms. The summed E-state index contributed by atoms with van der Waals surface area (Å²) < 4.78 is 5.26. The lowest BCUT2D eigenvalue weighted by molar-refractivity contribution is 0.0497. The Morgan fingerprint density at radius 3 is 2.14 bits per heavy atom. The van der Waals surface area contributed by atoms with Gasteiger partial charge in [0.1, 0.15) is 0 Å². The number of carbonyl (C=O) groups is 1. The topological polar surface area (TPSA) is 52.3 Å². The van der Waals surface area contributed by atoms with E-state index < -0.39 is 0 Å². The number of hydrogen-bond donors (Lipinski definition) is 1. The van der Waals surface area contributed by atoms with E-state index in [1.807, 2.05) is 0 Å². The van der Waals surface area contributed by atoms with Crippen LogP contribution in [0.4, 0.5) is 5.69 Å². The Morgan fingerprint density at radius 2 is 1.55 bits per heavy atom. The maximum Gasteiger partial charge on any atom is 0.338 e. The monoisotopic (exact) mass is 305 g/mol. The molecular weight excluding hydrogens is 274 g/mol. The highest BCUT2D eigenvalue weighted by molar-refractivity contribution is 5.90. The number of ether oxygens (including phenoxy) is 1. The minimum atomic E-state index is -0.275. The fourth-order valence-corrected chi connectivity index (χ4v) is 2.50. The molecule has 0 amide bonds. The van der Waals surface area contributed by atoms with Crippen LogP contribution in [0.15, 0.2) is 24.3 Å². The molecule has 3 nitrogen and oxygen atoms in total. The molecule has 1 rings (SSSR count). The molecule has 0 aliphatic heterocycles. The van der Waals surface area contributed by atoms with Crippen LogP contribution >= 0.6 is 0 Å². The molecule has 1 aromatic carbocycles. The van der Waals surface area contributed by atoms with Crippen LogP contribution < -0.4 is 5.73 Å². The van der Waals surface area contributed by atoms with Crippen LogP contribution in [-0.4, -0.2) is 12.6 Å². The van der Waals surface area contributed by atoms with Crippen molar-refractivity contribution in [3.63, 3.8) is 0 Å². The highest BCUT2D eigenvalue weighted by Crippen LogP contribution is 2.11. The maximum absolute atomic E-state index is 11.8. The van der Waals surface area contributed by atoms with Crippen LogP contribution in [0.5, 0.6) is 0 Å². The first-order chi connectivity index (χ1) is 10.7. The summed E-state index contributed by atoms with van der Waals surface area (Å²) >= 11 is 0. The average Bonchev–Trinajstić information content (AvgIpc) is 2.52. The third-order valence-electron chi connectivity index (χ3n) is 3.85. The summed E-state index contributed by atoms with van der Waals surface area (Å²) in [6.45, 7) is 2.75. The first-order valence-electron chi connectivity index (χ1n) is 8.76. The second-order valence-electron chi connectivity index (χ2n) is 5.94. The molecule has 0 radical (unpaired) electrons. The van der Waals surface area contributed by atoms with Gasteiger partial charge in [-0.1, -0.05) is 70.8 Å². The summed E-state index contributed by atoms with van der Waals surface area (Å²) in [5.41, 5.74) is 6.78. The quantitative estimate of drug-likeness (QED) is 0.322. The number of hydrogen-bond acceptors (Lipinski definition) is 3. The van der Waals surface area contributed by atoms with Crippen LogP contribution in [0.3, 0.4) is 0 Å². The zero-order valence-electron chi connectivity index (χ0n) is 14.0. The highest BCUT2D eigenvalue weighted by Gasteiger charge is 2.06. The van der Waals surface area contributed by atoms with Crippen molar-refractivity contribution < 1.29 is 9.53 Å². The minimum absolute atomic E-state index is 0.275. The lowest BCUT2D eigenvalue weighted by Gasteiger charge is -2.05. The molecule has 1 aromatic rings. The molecule has 0 saturated carbocycles. The van der Waals surface area contributed by atoms with Crippen LogP contribution in [0, 0.1) is 0 Å². The van der Waals surface area contributed by atoms with Crippen LogP contribution in [0.1, 0.15) is 81.5 Å². The van der Waals surface area contributed by atoms with Gasteiger partial charge < -0.3 is 10.5 Å². The summed E-state index contributed by atoms with van der Waals surface area (Å²) in [6.07, 6.45) is 12.8. The van der Waals surface area contributed by atoms with Gasteiger partial charge in [-0.25, -0.2) is 4.79 Å². The first-order valence-corrected chi connectivity index (χ1v) is 8.76. The maximum atomic E-state index is 11.8. The lowest BCUT2D eigenvalue weighted by atomic mass is 10.1.